The van der Waals surface area contributed by atoms with Gasteiger partial charge in [-0.1, -0.05) is 0 Å². The van der Waals surface area contributed by atoms with Crippen molar-refractivity contribution in [2.45, 2.75) is 13.2 Å². The van der Waals surface area contributed by atoms with Gasteiger partial charge >= 0.3 is 0 Å². The molecule has 1 aromatic carbocycles. The van der Waals surface area contributed by atoms with E-state index in [1.165, 1.54) is 0 Å². The summed E-state index contributed by atoms with van der Waals surface area (Å²) in [7, 11) is 4.80. The predicted molar refractivity (Wildman–Crippen MR) is 59.2 cm³/mol. The molecule has 0 amide bonds. The fourth-order valence-corrected chi connectivity index (χ4v) is 1.55. The SMILES string of the molecule is COCc1cc(CON)c(OC)c(OC)c1. The first-order chi connectivity index (χ1) is 7.76. The molecule has 90 valence electrons. The van der Waals surface area contributed by atoms with Crippen LogP contribution in [0.1, 0.15) is 11.1 Å². The molecule has 0 bridgehead atoms. The minimum absolute atomic E-state index is 0.261. The predicted octanol–water partition coefficient (Wildman–Crippen LogP) is 1.24. The lowest BCUT2D eigenvalue weighted by molar-refractivity contribution is 0.121. The summed E-state index contributed by atoms with van der Waals surface area (Å²) < 4.78 is 15.6. The van der Waals surface area contributed by atoms with Gasteiger partial charge in [-0.25, -0.2) is 5.90 Å². The van der Waals surface area contributed by atoms with Crippen LogP contribution in [0.2, 0.25) is 0 Å². The minimum Gasteiger partial charge on any atom is -0.493 e. The molecule has 0 spiro atoms. The molecule has 0 aromatic heterocycles. The van der Waals surface area contributed by atoms with Crippen LogP contribution in [0.15, 0.2) is 12.1 Å². The van der Waals surface area contributed by atoms with Gasteiger partial charge in [-0.05, 0) is 17.7 Å². The van der Waals surface area contributed by atoms with Gasteiger partial charge in [-0.3, -0.25) is 4.84 Å². The second-order valence-electron chi connectivity index (χ2n) is 3.23. The van der Waals surface area contributed by atoms with E-state index in [1.807, 2.05) is 12.1 Å². The third kappa shape index (κ3) is 2.85. The van der Waals surface area contributed by atoms with E-state index in [1.54, 1.807) is 21.3 Å². The number of rotatable bonds is 6. The summed E-state index contributed by atoms with van der Waals surface area (Å²) in [6.45, 7) is 0.759. The maximum atomic E-state index is 5.25. The second kappa shape index (κ2) is 6.32. The van der Waals surface area contributed by atoms with Crippen LogP contribution in [0, 0.1) is 0 Å². The highest BCUT2D eigenvalue weighted by Crippen LogP contribution is 2.33. The molecule has 0 radical (unpaired) electrons. The van der Waals surface area contributed by atoms with Crippen LogP contribution in [-0.2, 0) is 22.8 Å². The van der Waals surface area contributed by atoms with Crippen LogP contribution in [0.5, 0.6) is 11.5 Å². The smallest absolute Gasteiger partial charge is 0.166 e. The number of nitrogens with two attached hydrogens (primary N) is 1. The maximum absolute atomic E-state index is 5.25. The summed E-state index contributed by atoms with van der Waals surface area (Å²) in [4.78, 5) is 4.63. The standard InChI is InChI=1S/C11H17NO4/c1-13-6-8-4-9(7-16-12)11(15-3)10(5-8)14-2/h4-5H,6-7,12H2,1-3H3. The topological polar surface area (TPSA) is 62.9 Å². The van der Waals surface area contributed by atoms with Crippen molar-refractivity contribution in [1.82, 2.24) is 0 Å². The maximum Gasteiger partial charge on any atom is 0.166 e. The molecule has 0 fully saturated rings. The van der Waals surface area contributed by atoms with Gasteiger partial charge in [0.2, 0.25) is 0 Å². The molecule has 0 saturated carbocycles. The summed E-state index contributed by atoms with van der Waals surface area (Å²) in [5, 5.41) is 0. The van der Waals surface area contributed by atoms with Crippen LogP contribution in [0.25, 0.3) is 0 Å². The first-order valence-corrected chi connectivity index (χ1v) is 4.81. The molecular formula is C11H17NO4. The molecule has 0 aliphatic rings. The number of hydrogen-bond acceptors (Lipinski definition) is 5. The minimum atomic E-state index is 0.261. The Morgan fingerprint density at radius 3 is 2.31 bits per heavy atom. The second-order valence-corrected chi connectivity index (χ2v) is 3.23. The molecule has 0 heterocycles. The van der Waals surface area contributed by atoms with Gasteiger partial charge in [-0.15, -0.1) is 0 Å². The summed E-state index contributed by atoms with van der Waals surface area (Å²) >= 11 is 0. The lowest BCUT2D eigenvalue weighted by Crippen LogP contribution is -2.04. The van der Waals surface area contributed by atoms with Crippen molar-refractivity contribution in [2.75, 3.05) is 21.3 Å². The molecular weight excluding hydrogens is 210 g/mol. The summed E-state index contributed by atoms with van der Waals surface area (Å²) in [5.41, 5.74) is 1.81. The quantitative estimate of drug-likeness (QED) is 0.741. The monoisotopic (exact) mass is 227 g/mol. The third-order valence-corrected chi connectivity index (χ3v) is 2.17. The molecule has 0 saturated heterocycles. The van der Waals surface area contributed by atoms with Crippen LogP contribution >= 0.6 is 0 Å². The van der Waals surface area contributed by atoms with E-state index in [0.717, 1.165) is 11.1 Å². The first-order valence-electron chi connectivity index (χ1n) is 4.81. The molecule has 1 aromatic rings. The molecule has 2 N–H and O–H groups in total. The Morgan fingerprint density at radius 2 is 1.81 bits per heavy atom. The Balaban J connectivity index is 3.14. The molecule has 0 aliphatic heterocycles. The highest BCUT2D eigenvalue weighted by Gasteiger charge is 2.12. The summed E-state index contributed by atoms with van der Waals surface area (Å²) in [6, 6.07) is 3.78. The Labute approximate surface area is 95.0 Å². The number of methoxy groups -OCH3 is 3. The zero-order chi connectivity index (χ0) is 12.0. The van der Waals surface area contributed by atoms with E-state index < -0.39 is 0 Å². The van der Waals surface area contributed by atoms with Crippen LogP contribution < -0.4 is 15.4 Å². The molecule has 16 heavy (non-hydrogen) atoms. The number of ether oxygens (including phenoxy) is 3. The molecule has 5 nitrogen and oxygen atoms in total. The Hall–Kier alpha value is -1.30. The number of benzene rings is 1. The van der Waals surface area contributed by atoms with E-state index in [2.05, 4.69) is 4.84 Å². The van der Waals surface area contributed by atoms with Gasteiger partial charge in [0.1, 0.15) is 0 Å². The van der Waals surface area contributed by atoms with E-state index in [0.29, 0.717) is 18.1 Å². The van der Waals surface area contributed by atoms with Gasteiger partial charge in [0.25, 0.3) is 0 Å². The molecule has 0 unspecified atom stereocenters. The Bertz CT molecular complexity index is 341. The number of hydrogen-bond donors (Lipinski definition) is 1. The van der Waals surface area contributed by atoms with Crippen molar-refractivity contribution in [2.24, 2.45) is 5.90 Å². The van der Waals surface area contributed by atoms with Gasteiger partial charge in [0, 0.05) is 12.7 Å². The van der Waals surface area contributed by atoms with E-state index in [-0.39, 0.29) is 6.61 Å². The van der Waals surface area contributed by atoms with Crippen molar-refractivity contribution < 1.29 is 19.0 Å². The normalized spacial score (nSPS) is 10.2. The van der Waals surface area contributed by atoms with E-state index >= 15 is 0 Å². The fraction of sp³-hybridized carbons (Fsp3) is 0.455. The van der Waals surface area contributed by atoms with Gasteiger partial charge < -0.3 is 14.2 Å². The summed E-state index contributed by atoms with van der Waals surface area (Å²) in [5.74, 6) is 6.35. The van der Waals surface area contributed by atoms with Crippen LogP contribution in [0.4, 0.5) is 0 Å². The summed E-state index contributed by atoms with van der Waals surface area (Å²) in [6.07, 6.45) is 0. The van der Waals surface area contributed by atoms with Gasteiger partial charge in [0.15, 0.2) is 11.5 Å². The zero-order valence-electron chi connectivity index (χ0n) is 9.78. The Kier molecular flexibility index (Phi) is 5.04. The van der Waals surface area contributed by atoms with Crippen LogP contribution in [0.3, 0.4) is 0 Å². The first kappa shape index (κ1) is 12.8. The molecule has 5 heteroatoms. The lowest BCUT2D eigenvalue weighted by atomic mass is 10.1. The van der Waals surface area contributed by atoms with Crippen molar-refractivity contribution in [3.8, 4) is 11.5 Å². The van der Waals surface area contributed by atoms with Crippen molar-refractivity contribution >= 4 is 0 Å². The highest BCUT2D eigenvalue weighted by atomic mass is 16.6. The van der Waals surface area contributed by atoms with Gasteiger partial charge in [0.05, 0.1) is 27.4 Å². The third-order valence-electron chi connectivity index (χ3n) is 2.17. The largest absolute Gasteiger partial charge is 0.493 e. The van der Waals surface area contributed by atoms with E-state index in [4.69, 9.17) is 20.1 Å². The highest BCUT2D eigenvalue weighted by molar-refractivity contribution is 5.49. The Morgan fingerprint density at radius 1 is 1.06 bits per heavy atom. The molecule has 1 rings (SSSR count). The van der Waals surface area contributed by atoms with Crippen molar-refractivity contribution in [3.05, 3.63) is 23.3 Å². The molecule has 0 aliphatic carbocycles. The lowest BCUT2D eigenvalue weighted by Gasteiger charge is -2.14. The fourth-order valence-electron chi connectivity index (χ4n) is 1.55. The average molecular weight is 227 g/mol. The van der Waals surface area contributed by atoms with E-state index in [9.17, 15) is 0 Å². The van der Waals surface area contributed by atoms with Crippen molar-refractivity contribution in [3.63, 3.8) is 0 Å². The van der Waals surface area contributed by atoms with Crippen molar-refractivity contribution in [1.29, 1.82) is 0 Å². The van der Waals surface area contributed by atoms with Gasteiger partial charge in [-0.2, -0.15) is 0 Å². The zero-order valence-corrected chi connectivity index (χ0v) is 9.78. The molecule has 0 atom stereocenters. The van der Waals surface area contributed by atoms with Crippen LogP contribution in [-0.4, -0.2) is 21.3 Å². The average Bonchev–Trinajstić information content (AvgIpc) is 2.29.